The molecule has 4 nitrogen and oxygen atoms in total. The fourth-order valence-corrected chi connectivity index (χ4v) is 1.77. The molecule has 18 heavy (non-hydrogen) atoms. The lowest BCUT2D eigenvalue weighted by molar-refractivity contribution is -0.119. The summed E-state index contributed by atoms with van der Waals surface area (Å²) in [4.78, 5) is 13.6. The van der Waals surface area contributed by atoms with Crippen LogP contribution >= 0.6 is 0 Å². The maximum atomic E-state index is 11.6. The van der Waals surface area contributed by atoms with Crippen molar-refractivity contribution >= 4 is 11.6 Å². The lowest BCUT2D eigenvalue weighted by Gasteiger charge is -2.20. The highest BCUT2D eigenvalue weighted by Crippen LogP contribution is 2.17. The van der Waals surface area contributed by atoms with Crippen LogP contribution in [0.3, 0.4) is 0 Å². The number of likely N-dealkylation sites (N-methyl/N-ethyl adjacent to an activating group) is 1. The lowest BCUT2D eigenvalue weighted by Crippen LogP contribution is -2.35. The van der Waals surface area contributed by atoms with Crippen molar-refractivity contribution in [1.82, 2.24) is 5.32 Å². The third-order valence-corrected chi connectivity index (χ3v) is 2.94. The fraction of sp³-hybridized carbons (Fsp3) is 0.500. The molecule has 0 bridgehead atoms. The van der Waals surface area contributed by atoms with Crippen LogP contribution in [0.4, 0.5) is 5.69 Å². The summed E-state index contributed by atoms with van der Waals surface area (Å²) in [6.07, 6.45) is 0.958. The van der Waals surface area contributed by atoms with E-state index in [0.29, 0.717) is 13.1 Å². The second-order valence-corrected chi connectivity index (χ2v) is 4.52. The van der Waals surface area contributed by atoms with Crippen molar-refractivity contribution in [2.45, 2.75) is 26.8 Å². The van der Waals surface area contributed by atoms with Gasteiger partial charge < -0.3 is 16.0 Å². The van der Waals surface area contributed by atoms with Crippen LogP contribution in [0.5, 0.6) is 0 Å². The van der Waals surface area contributed by atoms with Gasteiger partial charge in [0.15, 0.2) is 0 Å². The second kappa shape index (κ2) is 7.01. The van der Waals surface area contributed by atoms with Crippen molar-refractivity contribution < 1.29 is 4.79 Å². The molecule has 4 heteroatoms. The molecule has 3 N–H and O–H groups in total. The molecule has 0 spiro atoms. The first-order valence-electron chi connectivity index (χ1n) is 6.36. The van der Waals surface area contributed by atoms with Crippen molar-refractivity contribution in [2.24, 2.45) is 5.73 Å². The standard InChI is InChI=1S/C14H23N3O/c1-4-7-16-14(18)10-17(3)13-6-5-12(9-15)11(2)8-13/h5-6,8H,4,7,9-10,15H2,1-3H3,(H,16,18). The predicted molar refractivity (Wildman–Crippen MR) is 75.6 cm³/mol. The molecule has 100 valence electrons. The van der Waals surface area contributed by atoms with E-state index in [1.165, 1.54) is 0 Å². The fourth-order valence-electron chi connectivity index (χ4n) is 1.77. The van der Waals surface area contributed by atoms with Crippen LogP contribution < -0.4 is 16.0 Å². The monoisotopic (exact) mass is 249 g/mol. The Morgan fingerprint density at radius 2 is 2.17 bits per heavy atom. The Labute approximate surface area is 109 Å². The molecule has 0 saturated carbocycles. The Balaban J connectivity index is 2.63. The Bertz CT molecular complexity index is 404. The summed E-state index contributed by atoms with van der Waals surface area (Å²) in [6, 6.07) is 6.09. The number of aryl methyl sites for hydroxylation is 1. The Morgan fingerprint density at radius 3 is 2.72 bits per heavy atom. The normalized spacial score (nSPS) is 10.2. The minimum absolute atomic E-state index is 0.0555. The van der Waals surface area contributed by atoms with E-state index in [0.717, 1.165) is 29.8 Å². The number of carbonyl (C=O) groups is 1. The number of hydrogen-bond acceptors (Lipinski definition) is 3. The molecule has 1 rings (SSSR count). The van der Waals surface area contributed by atoms with Gasteiger partial charge in [0.1, 0.15) is 0 Å². The van der Waals surface area contributed by atoms with E-state index in [1.54, 1.807) is 0 Å². The summed E-state index contributed by atoms with van der Waals surface area (Å²) in [7, 11) is 1.92. The quantitative estimate of drug-likeness (QED) is 0.801. The number of amides is 1. The largest absolute Gasteiger partial charge is 0.365 e. The number of nitrogens with one attached hydrogen (secondary N) is 1. The van der Waals surface area contributed by atoms with Gasteiger partial charge in [-0.3, -0.25) is 4.79 Å². The van der Waals surface area contributed by atoms with Gasteiger partial charge in [0, 0.05) is 25.8 Å². The first kappa shape index (κ1) is 14.5. The third-order valence-electron chi connectivity index (χ3n) is 2.94. The zero-order valence-corrected chi connectivity index (χ0v) is 11.5. The van der Waals surface area contributed by atoms with Crippen molar-refractivity contribution in [1.29, 1.82) is 0 Å². The number of nitrogens with zero attached hydrogens (tertiary/aromatic N) is 1. The number of anilines is 1. The third kappa shape index (κ3) is 4.04. The van der Waals surface area contributed by atoms with E-state index in [4.69, 9.17) is 5.73 Å². The highest BCUT2D eigenvalue weighted by atomic mass is 16.2. The van der Waals surface area contributed by atoms with Crippen LogP contribution in [-0.4, -0.2) is 26.0 Å². The van der Waals surface area contributed by atoms with Gasteiger partial charge in [-0.1, -0.05) is 13.0 Å². The molecule has 0 unspecified atom stereocenters. The molecule has 0 fully saturated rings. The summed E-state index contributed by atoms with van der Waals surface area (Å²) in [5, 5.41) is 2.87. The molecule has 0 radical (unpaired) electrons. The number of benzene rings is 1. The van der Waals surface area contributed by atoms with Gasteiger partial charge in [0.2, 0.25) is 5.91 Å². The Morgan fingerprint density at radius 1 is 1.44 bits per heavy atom. The van der Waals surface area contributed by atoms with Gasteiger partial charge in [-0.2, -0.15) is 0 Å². The van der Waals surface area contributed by atoms with Crippen LogP contribution in [-0.2, 0) is 11.3 Å². The van der Waals surface area contributed by atoms with Crippen molar-refractivity contribution in [3.05, 3.63) is 29.3 Å². The second-order valence-electron chi connectivity index (χ2n) is 4.52. The summed E-state index contributed by atoms with van der Waals surface area (Å²) in [6.45, 7) is 5.74. The van der Waals surface area contributed by atoms with E-state index in [1.807, 2.05) is 37.9 Å². The predicted octanol–water partition coefficient (Wildman–Crippen LogP) is 1.42. The molecule has 1 aromatic rings. The van der Waals surface area contributed by atoms with E-state index in [-0.39, 0.29) is 5.91 Å². The smallest absolute Gasteiger partial charge is 0.239 e. The Hall–Kier alpha value is -1.55. The SMILES string of the molecule is CCCNC(=O)CN(C)c1ccc(CN)c(C)c1. The maximum absolute atomic E-state index is 11.6. The minimum Gasteiger partial charge on any atom is -0.365 e. The van der Waals surface area contributed by atoms with Crippen molar-refractivity contribution in [3.63, 3.8) is 0 Å². The molecule has 0 heterocycles. The zero-order valence-electron chi connectivity index (χ0n) is 11.5. The molecule has 1 aromatic carbocycles. The van der Waals surface area contributed by atoms with Crippen LogP contribution in [0.2, 0.25) is 0 Å². The van der Waals surface area contributed by atoms with Gasteiger partial charge >= 0.3 is 0 Å². The van der Waals surface area contributed by atoms with E-state index in [9.17, 15) is 4.79 Å². The van der Waals surface area contributed by atoms with E-state index in [2.05, 4.69) is 11.4 Å². The van der Waals surface area contributed by atoms with Gasteiger partial charge in [-0.25, -0.2) is 0 Å². The molecular formula is C14H23N3O. The Kier molecular flexibility index (Phi) is 5.65. The highest BCUT2D eigenvalue weighted by molar-refractivity contribution is 5.81. The van der Waals surface area contributed by atoms with Gasteiger partial charge in [-0.15, -0.1) is 0 Å². The summed E-state index contributed by atoms with van der Waals surface area (Å²) in [5.41, 5.74) is 8.98. The van der Waals surface area contributed by atoms with Gasteiger partial charge in [0.05, 0.1) is 6.54 Å². The zero-order chi connectivity index (χ0) is 13.5. The summed E-state index contributed by atoms with van der Waals surface area (Å²) >= 11 is 0. The van der Waals surface area contributed by atoms with Gasteiger partial charge in [0.25, 0.3) is 0 Å². The van der Waals surface area contributed by atoms with Crippen LogP contribution in [0.25, 0.3) is 0 Å². The molecule has 0 aliphatic carbocycles. The minimum atomic E-state index is 0.0555. The first-order chi connectivity index (χ1) is 8.58. The van der Waals surface area contributed by atoms with Crippen LogP contribution in [0.15, 0.2) is 18.2 Å². The lowest BCUT2D eigenvalue weighted by atomic mass is 10.1. The van der Waals surface area contributed by atoms with Crippen LogP contribution in [0.1, 0.15) is 24.5 Å². The molecular weight excluding hydrogens is 226 g/mol. The summed E-state index contributed by atoms with van der Waals surface area (Å²) in [5.74, 6) is 0.0555. The molecule has 1 amide bonds. The van der Waals surface area contributed by atoms with Crippen molar-refractivity contribution in [2.75, 3.05) is 25.0 Å². The van der Waals surface area contributed by atoms with Crippen molar-refractivity contribution in [3.8, 4) is 0 Å². The molecule has 0 aliphatic rings. The number of rotatable bonds is 6. The first-order valence-corrected chi connectivity index (χ1v) is 6.36. The molecule has 0 aliphatic heterocycles. The number of carbonyl (C=O) groups excluding carboxylic acids is 1. The van der Waals surface area contributed by atoms with E-state index < -0.39 is 0 Å². The average Bonchev–Trinajstić information content (AvgIpc) is 2.36. The number of nitrogens with two attached hydrogens (primary N) is 1. The topological polar surface area (TPSA) is 58.4 Å². The van der Waals surface area contributed by atoms with E-state index >= 15 is 0 Å². The molecule has 0 atom stereocenters. The van der Waals surface area contributed by atoms with Crippen LogP contribution in [0, 0.1) is 6.92 Å². The maximum Gasteiger partial charge on any atom is 0.239 e. The average molecular weight is 249 g/mol. The highest BCUT2D eigenvalue weighted by Gasteiger charge is 2.07. The number of hydrogen-bond donors (Lipinski definition) is 2. The molecule has 0 saturated heterocycles. The summed E-state index contributed by atoms with van der Waals surface area (Å²) < 4.78 is 0. The van der Waals surface area contributed by atoms with Gasteiger partial charge in [-0.05, 0) is 36.6 Å². The molecule has 0 aromatic heterocycles.